The smallest absolute Gasteiger partial charge is 0.303 e. The molecule has 1 atom stereocenters. The Labute approximate surface area is 108 Å². The average molecular weight is 257 g/mol. The van der Waals surface area contributed by atoms with Gasteiger partial charge in [0.05, 0.1) is 0 Å². The minimum atomic E-state index is -0.785. The maximum Gasteiger partial charge on any atom is 0.303 e. The molecule has 1 amide bonds. The van der Waals surface area contributed by atoms with E-state index in [1.165, 1.54) is 0 Å². The van der Waals surface area contributed by atoms with Crippen molar-refractivity contribution in [2.45, 2.75) is 51.0 Å². The number of methoxy groups -OCH3 is 1. The third-order valence-corrected chi connectivity index (χ3v) is 3.38. The van der Waals surface area contributed by atoms with Crippen LogP contribution in [-0.2, 0) is 14.3 Å². The minimum absolute atomic E-state index is 0.116. The molecule has 0 spiro atoms. The first-order chi connectivity index (χ1) is 8.65. The van der Waals surface area contributed by atoms with Gasteiger partial charge in [0.15, 0.2) is 0 Å². The fourth-order valence-electron chi connectivity index (χ4n) is 2.43. The Morgan fingerprint density at radius 3 is 2.78 bits per heavy atom. The van der Waals surface area contributed by atoms with Crippen LogP contribution in [0.3, 0.4) is 0 Å². The molecule has 1 heterocycles. The quantitative estimate of drug-likeness (QED) is 0.704. The Morgan fingerprint density at radius 2 is 2.11 bits per heavy atom. The second-order valence-corrected chi connectivity index (χ2v) is 4.77. The Morgan fingerprint density at radius 1 is 1.33 bits per heavy atom. The number of piperidine rings is 1. The lowest BCUT2D eigenvalue weighted by molar-refractivity contribution is -0.140. The van der Waals surface area contributed by atoms with Gasteiger partial charge in [-0.15, -0.1) is 0 Å². The molecule has 1 fully saturated rings. The Balaban J connectivity index is 2.42. The molecule has 18 heavy (non-hydrogen) atoms. The third kappa shape index (κ3) is 5.04. The van der Waals surface area contributed by atoms with E-state index in [1.807, 2.05) is 4.90 Å². The summed E-state index contributed by atoms with van der Waals surface area (Å²) in [7, 11) is 1.63. The topological polar surface area (TPSA) is 66.8 Å². The molecule has 1 N–H and O–H groups in total. The Kier molecular flexibility index (Phi) is 6.72. The van der Waals surface area contributed by atoms with Crippen molar-refractivity contribution < 1.29 is 19.4 Å². The number of amides is 1. The molecule has 0 saturated carbocycles. The van der Waals surface area contributed by atoms with Crippen molar-refractivity contribution in [2.75, 3.05) is 20.3 Å². The number of ether oxygens (including phenoxy) is 1. The summed E-state index contributed by atoms with van der Waals surface area (Å²) in [5.74, 6) is -0.644. The van der Waals surface area contributed by atoms with Crippen molar-refractivity contribution in [3.8, 4) is 0 Å². The summed E-state index contributed by atoms with van der Waals surface area (Å²) in [5, 5.41) is 8.72. The lowest BCUT2D eigenvalue weighted by Gasteiger charge is -2.35. The third-order valence-electron chi connectivity index (χ3n) is 3.38. The van der Waals surface area contributed by atoms with Gasteiger partial charge in [-0.2, -0.15) is 0 Å². The largest absolute Gasteiger partial charge is 0.481 e. The molecule has 1 rings (SSSR count). The molecular weight excluding hydrogens is 234 g/mol. The SMILES string of the molecule is COCCCC(=O)N1CCCC[C@H]1CCC(=O)O. The number of hydrogen-bond donors (Lipinski definition) is 1. The number of nitrogens with zero attached hydrogens (tertiary/aromatic N) is 1. The van der Waals surface area contributed by atoms with Crippen molar-refractivity contribution in [3.05, 3.63) is 0 Å². The predicted octanol–water partition coefficient (Wildman–Crippen LogP) is 1.66. The van der Waals surface area contributed by atoms with Gasteiger partial charge in [-0.25, -0.2) is 0 Å². The van der Waals surface area contributed by atoms with Gasteiger partial charge in [-0.05, 0) is 32.1 Å². The van der Waals surface area contributed by atoms with E-state index < -0.39 is 5.97 Å². The highest BCUT2D eigenvalue weighted by Gasteiger charge is 2.26. The lowest BCUT2D eigenvalue weighted by atomic mass is 9.97. The van der Waals surface area contributed by atoms with Crippen molar-refractivity contribution >= 4 is 11.9 Å². The van der Waals surface area contributed by atoms with E-state index in [4.69, 9.17) is 9.84 Å². The molecule has 0 aromatic heterocycles. The number of carbonyl (C=O) groups is 2. The highest BCUT2D eigenvalue weighted by Crippen LogP contribution is 2.22. The number of aliphatic carboxylic acids is 1. The molecule has 1 saturated heterocycles. The number of carboxylic acids is 1. The van der Waals surface area contributed by atoms with Gasteiger partial charge in [-0.3, -0.25) is 9.59 Å². The summed E-state index contributed by atoms with van der Waals surface area (Å²) in [6, 6.07) is 0.116. The van der Waals surface area contributed by atoms with Gasteiger partial charge in [0.25, 0.3) is 0 Å². The van der Waals surface area contributed by atoms with E-state index in [0.29, 0.717) is 19.4 Å². The van der Waals surface area contributed by atoms with Crippen LogP contribution >= 0.6 is 0 Å². The van der Waals surface area contributed by atoms with Crippen LogP contribution in [-0.4, -0.2) is 48.2 Å². The molecule has 0 aliphatic carbocycles. The minimum Gasteiger partial charge on any atom is -0.481 e. The first-order valence-corrected chi connectivity index (χ1v) is 6.65. The van der Waals surface area contributed by atoms with Gasteiger partial charge in [-0.1, -0.05) is 0 Å². The van der Waals surface area contributed by atoms with Gasteiger partial charge in [0.2, 0.25) is 5.91 Å². The second-order valence-electron chi connectivity index (χ2n) is 4.77. The molecule has 0 unspecified atom stereocenters. The van der Waals surface area contributed by atoms with E-state index >= 15 is 0 Å². The van der Waals surface area contributed by atoms with Crippen molar-refractivity contribution in [2.24, 2.45) is 0 Å². The van der Waals surface area contributed by atoms with E-state index in [9.17, 15) is 9.59 Å². The zero-order valence-electron chi connectivity index (χ0n) is 11.1. The molecule has 0 aromatic carbocycles. The van der Waals surface area contributed by atoms with Crippen LogP contribution in [0.15, 0.2) is 0 Å². The van der Waals surface area contributed by atoms with Crippen LogP contribution in [0.2, 0.25) is 0 Å². The number of carboxylic acid groups (broad SMARTS) is 1. The molecule has 0 bridgehead atoms. The van der Waals surface area contributed by atoms with E-state index in [-0.39, 0.29) is 18.4 Å². The standard InChI is InChI=1S/C13H23NO4/c1-18-10-4-6-12(15)14-9-3-2-5-11(14)7-8-13(16)17/h11H,2-10H2,1H3,(H,16,17)/t11-/m0/s1. The fourth-order valence-corrected chi connectivity index (χ4v) is 2.43. The molecule has 0 radical (unpaired) electrons. The van der Waals surface area contributed by atoms with Crippen molar-refractivity contribution in [1.82, 2.24) is 4.90 Å². The normalized spacial score (nSPS) is 19.8. The average Bonchev–Trinajstić information content (AvgIpc) is 2.37. The van der Waals surface area contributed by atoms with Gasteiger partial charge in [0, 0.05) is 39.1 Å². The van der Waals surface area contributed by atoms with Gasteiger partial charge < -0.3 is 14.7 Å². The summed E-state index contributed by atoms with van der Waals surface area (Å²) in [6.45, 7) is 1.37. The monoisotopic (exact) mass is 257 g/mol. The van der Waals surface area contributed by atoms with E-state index in [0.717, 1.165) is 32.2 Å². The van der Waals surface area contributed by atoms with Crippen LogP contribution in [0.5, 0.6) is 0 Å². The van der Waals surface area contributed by atoms with Crippen molar-refractivity contribution in [1.29, 1.82) is 0 Å². The number of likely N-dealkylation sites (tertiary alicyclic amines) is 1. The Bertz CT molecular complexity index is 280. The molecule has 5 heteroatoms. The highest BCUT2D eigenvalue weighted by atomic mass is 16.5. The summed E-state index contributed by atoms with van der Waals surface area (Å²) in [5.41, 5.74) is 0. The summed E-state index contributed by atoms with van der Waals surface area (Å²) < 4.78 is 4.94. The Hall–Kier alpha value is -1.10. The number of carbonyl (C=O) groups excluding carboxylic acids is 1. The first-order valence-electron chi connectivity index (χ1n) is 6.65. The number of rotatable bonds is 7. The van der Waals surface area contributed by atoms with Gasteiger partial charge >= 0.3 is 5.97 Å². The van der Waals surface area contributed by atoms with Crippen LogP contribution in [0.25, 0.3) is 0 Å². The van der Waals surface area contributed by atoms with Crippen LogP contribution in [0.4, 0.5) is 0 Å². The summed E-state index contributed by atoms with van der Waals surface area (Å²) in [6.07, 6.45) is 5.00. The predicted molar refractivity (Wildman–Crippen MR) is 67.3 cm³/mol. The summed E-state index contributed by atoms with van der Waals surface area (Å²) >= 11 is 0. The van der Waals surface area contributed by atoms with Crippen LogP contribution < -0.4 is 0 Å². The lowest BCUT2D eigenvalue weighted by Crippen LogP contribution is -2.43. The van der Waals surface area contributed by atoms with E-state index in [1.54, 1.807) is 7.11 Å². The first kappa shape index (κ1) is 15.0. The molecular formula is C13H23NO4. The zero-order chi connectivity index (χ0) is 13.4. The number of hydrogen-bond acceptors (Lipinski definition) is 3. The van der Waals surface area contributed by atoms with E-state index in [2.05, 4.69) is 0 Å². The fraction of sp³-hybridized carbons (Fsp3) is 0.846. The molecule has 5 nitrogen and oxygen atoms in total. The zero-order valence-corrected chi connectivity index (χ0v) is 11.1. The van der Waals surface area contributed by atoms with Crippen molar-refractivity contribution in [3.63, 3.8) is 0 Å². The second kappa shape index (κ2) is 8.08. The maximum atomic E-state index is 12.1. The molecule has 1 aliphatic heterocycles. The molecule has 0 aromatic rings. The molecule has 104 valence electrons. The summed E-state index contributed by atoms with van der Waals surface area (Å²) in [4.78, 5) is 24.5. The highest BCUT2D eigenvalue weighted by molar-refractivity contribution is 5.76. The maximum absolute atomic E-state index is 12.1. The molecule has 1 aliphatic rings. The van der Waals surface area contributed by atoms with Crippen LogP contribution in [0, 0.1) is 0 Å². The van der Waals surface area contributed by atoms with Crippen LogP contribution in [0.1, 0.15) is 44.9 Å². The van der Waals surface area contributed by atoms with Gasteiger partial charge in [0.1, 0.15) is 0 Å².